The van der Waals surface area contributed by atoms with Crippen LogP contribution < -0.4 is 20.7 Å². The first-order valence-corrected chi connectivity index (χ1v) is 7.74. The fourth-order valence-electron chi connectivity index (χ4n) is 2.55. The van der Waals surface area contributed by atoms with Crippen molar-refractivity contribution in [1.29, 1.82) is 0 Å². The molecule has 2 aromatic rings. The van der Waals surface area contributed by atoms with E-state index >= 15 is 0 Å². The van der Waals surface area contributed by atoms with Crippen molar-refractivity contribution in [3.8, 4) is 34.3 Å². The van der Waals surface area contributed by atoms with Crippen LogP contribution in [-0.4, -0.2) is 41.9 Å². The first-order valence-electron chi connectivity index (χ1n) is 7.74. The lowest BCUT2D eigenvalue weighted by molar-refractivity contribution is 0.0946. The Kier molecular flexibility index (Phi) is 6.21. The molecule has 140 valence electrons. The second-order valence-electron chi connectivity index (χ2n) is 5.13. The molecule has 0 aliphatic heterocycles. The molecule has 1 aromatic heterocycles. The number of nitrogens with zero attached hydrogens (tertiary/aromatic N) is 1. The quantitative estimate of drug-likeness (QED) is 0.328. The normalized spacial score (nSPS) is 10.5. The molecule has 2 rings (SSSR count). The molecule has 0 aliphatic carbocycles. The summed E-state index contributed by atoms with van der Waals surface area (Å²) in [5.41, 5.74) is 2.12. The van der Waals surface area contributed by atoms with Crippen LogP contribution in [0.2, 0.25) is 0 Å². The Morgan fingerprint density at radius 3 is 2.31 bits per heavy atom. The number of hydrogen-bond donors (Lipinski definition) is 4. The molecule has 0 unspecified atom stereocenters. The first kappa shape index (κ1) is 19.3. The van der Waals surface area contributed by atoms with Gasteiger partial charge in [-0.2, -0.15) is 0 Å². The number of carbonyl (C=O) groups excluding carboxylic acids is 1. The summed E-state index contributed by atoms with van der Waals surface area (Å²) in [4.78, 5) is 16.0. The van der Waals surface area contributed by atoms with Gasteiger partial charge in [0.15, 0.2) is 0 Å². The fraction of sp³-hybridized carbons (Fsp3) is 0.294. The second-order valence-corrected chi connectivity index (χ2v) is 5.13. The van der Waals surface area contributed by atoms with Gasteiger partial charge in [-0.15, -0.1) is 0 Å². The van der Waals surface area contributed by atoms with E-state index in [0.29, 0.717) is 23.7 Å². The number of hydrazine groups is 1. The average molecular weight is 363 g/mol. The van der Waals surface area contributed by atoms with Crippen LogP contribution in [0.4, 0.5) is 0 Å². The van der Waals surface area contributed by atoms with E-state index in [0.717, 1.165) is 0 Å². The summed E-state index contributed by atoms with van der Waals surface area (Å²) in [6.07, 6.45) is 0. The van der Waals surface area contributed by atoms with E-state index in [1.54, 1.807) is 25.1 Å². The lowest BCUT2D eigenvalue weighted by Crippen LogP contribution is -2.30. The molecule has 26 heavy (non-hydrogen) atoms. The summed E-state index contributed by atoms with van der Waals surface area (Å²) >= 11 is 0. The number of nitrogens with one attached hydrogen (secondary N) is 1. The SMILES string of the molecule is CCOCc1nc(O)c(C(=O)NN)c(O)c1-c1c(OC)cccc1OC. The molecule has 9 heteroatoms. The van der Waals surface area contributed by atoms with E-state index in [1.165, 1.54) is 14.2 Å². The number of nitrogens with two attached hydrogens (primary N) is 1. The number of pyridine rings is 1. The van der Waals surface area contributed by atoms with Crippen LogP contribution in [0.3, 0.4) is 0 Å². The molecule has 0 saturated carbocycles. The van der Waals surface area contributed by atoms with E-state index in [-0.39, 0.29) is 17.9 Å². The van der Waals surface area contributed by atoms with Gasteiger partial charge in [-0.25, -0.2) is 10.8 Å². The fourth-order valence-corrected chi connectivity index (χ4v) is 2.55. The van der Waals surface area contributed by atoms with Crippen LogP contribution in [0.1, 0.15) is 23.0 Å². The highest BCUT2D eigenvalue weighted by atomic mass is 16.5. The smallest absolute Gasteiger partial charge is 0.274 e. The highest BCUT2D eigenvalue weighted by molar-refractivity contribution is 6.02. The topological polar surface area (TPSA) is 136 Å². The van der Waals surface area contributed by atoms with E-state index < -0.39 is 23.1 Å². The molecule has 1 aromatic carbocycles. The maximum absolute atomic E-state index is 12.0. The van der Waals surface area contributed by atoms with Gasteiger partial charge in [0, 0.05) is 6.61 Å². The molecular weight excluding hydrogens is 342 g/mol. The molecule has 0 saturated heterocycles. The van der Waals surface area contributed by atoms with Gasteiger partial charge >= 0.3 is 0 Å². The third-order valence-electron chi connectivity index (χ3n) is 3.71. The van der Waals surface area contributed by atoms with Gasteiger partial charge in [0.25, 0.3) is 5.91 Å². The molecule has 0 spiro atoms. The Morgan fingerprint density at radius 1 is 1.19 bits per heavy atom. The van der Waals surface area contributed by atoms with Crippen LogP contribution in [0.15, 0.2) is 18.2 Å². The number of aromatic nitrogens is 1. The third-order valence-corrected chi connectivity index (χ3v) is 3.71. The van der Waals surface area contributed by atoms with E-state index in [4.69, 9.17) is 20.1 Å². The zero-order chi connectivity index (χ0) is 19.3. The first-order chi connectivity index (χ1) is 12.5. The van der Waals surface area contributed by atoms with Crippen LogP contribution in [0.25, 0.3) is 11.1 Å². The number of aromatic hydroxyl groups is 2. The van der Waals surface area contributed by atoms with Crippen molar-refractivity contribution in [2.24, 2.45) is 5.84 Å². The van der Waals surface area contributed by atoms with Crippen LogP contribution in [-0.2, 0) is 11.3 Å². The van der Waals surface area contributed by atoms with Crippen molar-refractivity contribution in [2.45, 2.75) is 13.5 Å². The summed E-state index contributed by atoms with van der Waals surface area (Å²) in [5.74, 6) is 3.81. The van der Waals surface area contributed by atoms with E-state index in [9.17, 15) is 15.0 Å². The van der Waals surface area contributed by atoms with Crippen LogP contribution in [0.5, 0.6) is 23.1 Å². The van der Waals surface area contributed by atoms with Gasteiger partial charge in [0.05, 0.1) is 37.6 Å². The van der Waals surface area contributed by atoms with Crippen molar-refractivity contribution in [3.63, 3.8) is 0 Å². The van der Waals surface area contributed by atoms with Crippen LogP contribution >= 0.6 is 0 Å². The maximum Gasteiger partial charge on any atom is 0.274 e. The Hall–Kier alpha value is -3.04. The lowest BCUT2D eigenvalue weighted by Gasteiger charge is -2.19. The zero-order valence-corrected chi connectivity index (χ0v) is 14.7. The minimum atomic E-state index is -0.898. The van der Waals surface area contributed by atoms with Gasteiger partial charge < -0.3 is 24.4 Å². The second kappa shape index (κ2) is 8.37. The minimum Gasteiger partial charge on any atom is -0.506 e. The number of hydrogen-bond acceptors (Lipinski definition) is 8. The van der Waals surface area contributed by atoms with Crippen LogP contribution in [0, 0.1) is 0 Å². The van der Waals surface area contributed by atoms with Crippen molar-refractivity contribution >= 4 is 5.91 Å². The van der Waals surface area contributed by atoms with E-state index in [2.05, 4.69) is 4.98 Å². The van der Waals surface area contributed by atoms with Crippen molar-refractivity contribution in [1.82, 2.24) is 10.4 Å². The molecule has 0 aliphatic rings. The molecule has 1 amide bonds. The number of rotatable bonds is 7. The monoisotopic (exact) mass is 363 g/mol. The van der Waals surface area contributed by atoms with Gasteiger partial charge in [-0.05, 0) is 19.1 Å². The van der Waals surface area contributed by atoms with Crippen molar-refractivity contribution < 1.29 is 29.2 Å². The number of benzene rings is 1. The molecule has 0 atom stereocenters. The number of nitrogen functional groups attached to an aromatic ring is 1. The van der Waals surface area contributed by atoms with Gasteiger partial charge in [0.2, 0.25) is 5.88 Å². The highest BCUT2D eigenvalue weighted by Gasteiger charge is 2.28. The van der Waals surface area contributed by atoms with Crippen molar-refractivity contribution in [2.75, 3.05) is 20.8 Å². The number of amides is 1. The summed E-state index contributed by atoms with van der Waals surface area (Å²) in [6.45, 7) is 2.16. The number of carbonyl (C=O) groups is 1. The highest BCUT2D eigenvalue weighted by Crippen LogP contribution is 2.46. The average Bonchev–Trinajstić information content (AvgIpc) is 2.65. The van der Waals surface area contributed by atoms with Gasteiger partial charge in [0.1, 0.15) is 22.8 Å². The maximum atomic E-state index is 12.0. The number of methoxy groups -OCH3 is 2. The molecule has 0 bridgehead atoms. The zero-order valence-electron chi connectivity index (χ0n) is 14.7. The summed E-state index contributed by atoms with van der Waals surface area (Å²) in [6, 6.07) is 5.04. The molecule has 0 radical (unpaired) electrons. The Balaban J connectivity index is 2.87. The summed E-state index contributed by atoms with van der Waals surface area (Å²) in [7, 11) is 2.91. The molecular formula is C17H21N3O6. The minimum absolute atomic E-state index is 0.0152. The van der Waals surface area contributed by atoms with Gasteiger partial charge in [-0.3, -0.25) is 10.2 Å². The third kappa shape index (κ3) is 3.48. The largest absolute Gasteiger partial charge is 0.506 e. The molecule has 1 heterocycles. The molecule has 5 N–H and O–H groups in total. The lowest BCUT2D eigenvalue weighted by atomic mass is 9.98. The Morgan fingerprint density at radius 2 is 1.81 bits per heavy atom. The summed E-state index contributed by atoms with van der Waals surface area (Å²) < 4.78 is 16.1. The molecule has 0 fully saturated rings. The standard InChI is InChI=1S/C17H21N3O6/c1-4-26-8-9-12(13-10(24-2)6-5-7-11(13)25-3)15(21)14(16(22)19-9)17(23)20-18/h5-7H,4,8,18H2,1-3H3,(H,20,23)(H2,19,21,22). The summed E-state index contributed by atoms with van der Waals surface area (Å²) in [5, 5.41) is 20.9. The van der Waals surface area contributed by atoms with E-state index in [1.807, 2.05) is 5.43 Å². The van der Waals surface area contributed by atoms with Gasteiger partial charge in [-0.1, -0.05) is 6.07 Å². The Labute approximate surface area is 150 Å². The predicted octanol–water partition coefficient (Wildman–Crippen LogP) is 1.32. The Bertz CT molecular complexity index is 787. The predicted molar refractivity (Wildman–Crippen MR) is 93.1 cm³/mol. The van der Waals surface area contributed by atoms with Crippen molar-refractivity contribution in [3.05, 3.63) is 29.5 Å². The number of ether oxygens (including phenoxy) is 3. The molecule has 9 nitrogen and oxygen atoms in total.